The van der Waals surface area contributed by atoms with E-state index in [-0.39, 0.29) is 17.0 Å². The number of methoxy groups -OCH3 is 1. The number of para-hydroxylation sites is 1. The summed E-state index contributed by atoms with van der Waals surface area (Å²) in [6, 6.07) is 11.4. The van der Waals surface area contributed by atoms with Crippen LogP contribution in [0.15, 0.2) is 47.4 Å². The van der Waals surface area contributed by atoms with Crippen molar-refractivity contribution in [3.8, 4) is 5.75 Å². The lowest BCUT2D eigenvalue weighted by Crippen LogP contribution is -2.24. The fourth-order valence-electron chi connectivity index (χ4n) is 2.14. The first kappa shape index (κ1) is 17.0. The van der Waals surface area contributed by atoms with E-state index >= 15 is 0 Å². The van der Waals surface area contributed by atoms with Crippen LogP contribution in [0.3, 0.4) is 0 Å². The zero-order chi connectivity index (χ0) is 17.0. The first-order chi connectivity index (χ1) is 10.8. The number of carbonyl (C=O) groups excluding carboxylic acids is 1. The van der Waals surface area contributed by atoms with Crippen molar-refractivity contribution in [1.82, 2.24) is 4.72 Å². The van der Waals surface area contributed by atoms with Gasteiger partial charge in [-0.25, -0.2) is 13.1 Å². The van der Waals surface area contributed by atoms with E-state index in [0.29, 0.717) is 16.9 Å². The number of aryl methyl sites for hydroxylation is 1. The molecule has 122 valence electrons. The molecule has 2 aromatic carbocycles. The van der Waals surface area contributed by atoms with Gasteiger partial charge in [0.1, 0.15) is 5.75 Å². The molecule has 0 spiro atoms. The van der Waals surface area contributed by atoms with Gasteiger partial charge < -0.3 is 10.5 Å². The SMILES string of the molecule is COc1ccccc1CNS(=O)(=O)c1ccc(C)c(C(N)=O)c1. The number of ether oxygens (including phenoxy) is 1. The summed E-state index contributed by atoms with van der Waals surface area (Å²) in [4.78, 5) is 11.3. The van der Waals surface area contributed by atoms with Crippen LogP contribution in [0.1, 0.15) is 21.5 Å². The van der Waals surface area contributed by atoms with E-state index in [1.165, 1.54) is 19.2 Å². The quantitative estimate of drug-likeness (QED) is 0.838. The zero-order valence-corrected chi connectivity index (χ0v) is 13.7. The van der Waals surface area contributed by atoms with Gasteiger partial charge in [0, 0.05) is 17.7 Å². The number of benzene rings is 2. The van der Waals surface area contributed by atoms with Gasteiger partial charge >= 0.3 is 0 Å². The highest BCUT2D eigenvalue weighted by atomic mass is 32.2. The van der Waals surface area contributed by atoms with Crippen molar-refractivity contribution in [3.05, 3.63) is 59.2 Å². The third-order valence-corrected chi connectivity index (χ3v) is 4.83. The molecule has 2 rings (SSSR count). The van der Waals surface area contributed by atoms with Crippen LogP contribution in [-0.4, -0.2) is 21.4 Å². The highest BCUT2D eigenvalue weighted by Gasteiger charge is 2.17. The second-order valence-corrected chi connectivity index (χ2v) is 6.74. The maximum Gasteiger partial charge on any atom is 0.249 e. The van der Waals surface area contributed by atoms with Crippen molar-refractivity contribution in [1.29, 1.82) is 0 Å². The summed E-state index contributed by atoms with van der Waals surface area (Å²) in [7, 11) is -2.25. The number of hydrogen-bond donors (Lipinski definition) is 2. The fourth-order valence-corrected chi connectivity index (χ4v) is 3.17. The summed E-state index contributed by atoms with van der Waals surface area (Å²) >= 11 is 0. The van der Waals surface area contributed by atoms with Crippen LogP contribution in [-0.2, 0) is 16.6 Å². The van der Waals surface area contributed by atoms with E-state index in [2.05, 4.69) is 4.72 Å². The van der Waals surface area contributed by atoms with Gasteiger partial charge in [-0.05, 0) is 30.7 Å². The number of nitrogens with two attached hydrogens (primary N) is 1. The third kappa shape index (κ3) is 3.88. The normalized spacial score (nSPS) is 11.2. The minimum Gasteiger partial charge on any atom is -0.496 e. The van der Waals surface area contributed by atoms with Gasteiger partial charge in [-0.15, -0.1) is 0 Å². The third-order valence-electron chi connectivity index (χ3n) is 3.43. The second-order valence-electron chi connectivity index (χ2n) is 4.98. The number of hydrogen-bond acceptors (Lipinski definition) is 4. The molecule has 0 aromatic heterocycles. The van der Waals surface area contributed by atoms with E-state index < -0.39 is 15.9 Å². The average Bonchev–Trinajstić information content (AvgIpc) is 2.53. The molecule has 0 unspecified atom stereocenters. The molecule has 3 N–H and O–H groups in total. The van der Waals surface area contributed by atoms with Crippen molar-refractivity contribution in [3.63, 3.8) is 0 Å². The molecule has 0 radical (unpaired) electrons. The Morgan fingerprint density at radius 1 is 1.22 bits per heavy atom. The molecule has 0 heterocycles. The Balaban J connectivity index is 2.26. The minimum atomic E-state index is -3.77. The molecule has 0 saturated heterocycles. The van der Waals surface area contributed by atoms with Crippen LogP contribution < -0.4 is 15.2 Å². The number of nitrogens with one attached hydrogen (secondary N) is 1. The van der Waals surface area contributed by atoms with Crippen LogP contribution in [0.25, 0.3) is 0 Å². The Bertz CT molecular complexity index is 832. The number of carbonyl (C=O) groups is 1. The molecular formula is C16H18N2O4S. The van der Waals surface area contributed by atoms with Gasteiger partial charge in [0.25, 0.3) is 0 Å². The molecule has 0 aliphatic heterocycles. The molecule has 0 saturated carbocycles. The number of rotatable bonds is 6. The molecule has 23 heavy (non-hydrogen) atoms. The number of amides is 1. The molecule has 6 nitrogen and oxygen atoms in total. The molecule has 0 aliphatic carbocycles. The van der Waals surface area contributed by atoms with Crippen molar-refractivity contribution >= 4 is 15.9 Å². The Kier molecular flexibility index (Phi) is 5.02. The van der Waals surface area contributed by atoms with Crippen molar-refractivity contribution in [2.45, 2.75) is 18.4 Å². The molecular weight excluding hydrogens is 316 g/mol. The monoisotopic (exact) mass is 334 g/mol. The Labute approximate surface area is 135 Å². The highest BCUT2D eigenvalue weighted by molar-refractivity contribution is 7.89. The predicted molar refractivity (Wildman–Crippen MR) is 86.7 cm³/mol. The van der Waals surface area contributed by atoms with Crippen LogP contribution in [0.2, 0.25) is 0 Å². The second kappa shape index (κ2) is 6.80. The van der Waals surface area contributed by atoms with Gasteiger partial charge in [0.15, 0.2) is 0 Å². The zero-order valence-electron chi connectivity index (χ0n) is 12.9. The highest BCUT2D eigenvalue weighted by Crippen LogP contribution is 2.19. The van der Waals surface area contributed by atoms with Crippen molar-refractivity contribution in [2.24, 2.45) is 5.73 Å². The van der Waals surface area contributed by atoms with E-state index in [9.17, 15) is 13.2 Å². The smallest absolute Gasteiger partial charge is 0.249 e. The van der Waals surface area contributed by atoms with E-state index in [0.717, 1.165) is 0 Å². The molecule has 0 fully saturated rings. The van der Waals surface area contributed by atoms with Gasteiger partial charge in [0.05, 0.1) is 12.0 Å². The molecule has 1 amide bonds. The first-order valence-electron chi connectivity index (χ1n) is 6.87. The molecule has 0 aliphatic rings. The summed E-state index contributed by atoms with van der Waals surface area (Å²) in [5.74, 6) is -0.0683. The summed E-state index contributed by atoms with van der Waals surface area (Å²) < 4.78 is 32.5. The van der Waals surface area contributed by atoms with Crippen LogP contribution in [0, 0.1) is 6.92 Å². The maximum atomic E-state index is 12.4. The Hall–Kier alpha value is -2.38. The van der Waals surface area contributed by atoms with Crippen molar-refractivity contribution < 1.29 is 17.9 Å². The summed E-state index contributed by atoms with van der Waals surface area (Å²) in [5, 5.41) is 0. The first-order valence-corrected chi connectivity index (χ1v) is 8.35. The Morgan fingerprint density at radius 2 is 1.91 bits per heavy atom. The summed E-state index contributed by atoms with van der Waals surface area (Å²) in [5.41, 5.74) is 6.78. The Morgan fingerprint density at radius 3 is 2.57 bits per heavy atom. The minimum absolute atomic E-state index is 0.00759. The average molecular weight is 334 g/mol. The summed E-state index contributed by atoms with van der Waals surface area (Å²) in [6.07, 6.45) is 0. The lowest BCUT2D eigenvalue weighted by molar-refractivity contribution is 0.0999. The number of sulfonamides is 1. The number of primary amides is 1. The molecule has 2 aromatic rings. The van der Waals surface area contributed by atoms with Crippen molar-refractivity contribution in [2.75, 3.05) is 7.11 Å². The predicted octanol–water partition coefficient (Wildman–Crippen LogP) is 1.58. The van der Waals surface area contributed by atoms with Gasteiger partial charge in [-0.1, -0.05) is 24.3 Å². The lowest BCUT2D eigenvalue weighted by atomic mass is 10.1. The lowest BCUT2D eigenvalue weighted by Gasteiger charge is -2.11. The van der Waals surface area contributed by atoms with E-state index in [1.54, 1.807) is 37.3 Å². The van der Waals surface area contributed by atoms with Crippen LogP contribution in [0.4, 0.5) is 0 Å². The maximum absolute atomic E-state index is 12.4. The molecule has 0 bridgehead atoms. The standard InChI is InChI=1S/C16H18N2O4S/c1-11-7-8-13(9-14(11)16(17)19)23(20,21)18-10-12-5-3-4-6-15(12)22-2/h3-9,18H,10H2,1-2H3,(H2,17,19). The van der Waals surface area contributed by atoms with E-state index in [4.69, 9.17) is 10.5 Å². The van der Waals surface area contributed by atoms with Gasteiger partial charge in [-0.2, -0.15) is 0 Å². The summed E-state index contributed by atoms with van der Waals surface area (Å²) in [6.45, 7) is 1.77. The largest absolute Gasteiger partial charge is 0.496 e. The molecule has 0 atom stereocenters. The van der Waals surface area contributed by atoms with Crippen LogP contribution in [0.5, 0.6) is 5.75 Å². The topological polar surface area (TPSA) is 98.5 Å². The fraction of sp³-hybridized carbons (Fsp3) is 0.188. The van der Waals surface area contributed by atoms with Gasteiger partial charge in [0.2, 0.25) is 15.9 Å². The van der Waals surface area contributed by atoms with Crippen LogP contribution >= 0.6 is 0 Å². The van der Waals surface area contributed by atoms with E-state index in [1.807, 2.05) is 0 Å². The van der Waals surface area contributed by atoms with Gasteiger partial charge in [-0.3, -0.25) is 4.79 Å². The molecule has 7 heteroatoms.